The molecule has 1 saturated carbocycles. The van der Waals surface area contributed by atoms with Gasteiger partial charge < -0.3 is 14.6 Å². The Kier molecular flexibility index (Phi) is 10.7. The van der Waals surface area contributed by atoms with Crippen molar-refractivity contribution in [3.63, 3.8) is 0 Å². The first-order valence-corrected chi connectivity index (χ1v) is 15.6. The van der Waals surface area contributed by atoms with Gasteiger partial charge in [0.05, 0.1) is 28.4 Å². The van der Waals surface area contributed by atoms with Crippen LogP contribution >= 0.6 is 0 Å². The minimum absolute atomic E-state index is 0.0379. The Morgan fingerprint density at radius 3 is 2.62 bits per heavy atom. The summed E-state index contributed by atoms with van der Waals surface area (Å²) >= 11 is 0. The Labute approximate surface area is 245 Å². The van der Waals surface area contributed by atoms with Gasteiger partial charge in [-0.3, -0.25) is 14.9 Å². The number of hydrogen-bond donors (Lipinski definition) is 2. The number of aliphatic hydroxyl groups is 1. The highest BCUT2D eigenvalue weighted by Crippen LogP contribution is 2.37. The number of fused-ring (bicyclic) bond motifs is 1. The van der Waals surface area contributed by atoms with E-state index in [0.717, 1.165) is 37.1 Å². The first-order chi connectivity index (χ1) is 19.9. The van der Waals surface area contributed by atoms with E-state index < -0.39 is 49.3 Å². The second-order valence-electron chi connectivity index (χ2n) is 11.5. The molecule has 11 nitrogen and oxygen atoms in total. The van der Waals surface area contributed by atoms with E-state index >= 15 is 0 Å². The third-order valence-electron chi connectivity index (χ3n) is 7.69. The molecule has 4 rings (SSSR count). The minimum Gasteiger partial charge on any atom is -0.462 e. The molecule has 2 N–H and O–H groups in total. The first-order valence-electron chi connectivity index (χ1n) is 14.2. The molecule has 0 amide bonds. The number of benzene rings is 2. The Morgan fingerprint density at radius 2 is 1.95 bits per heavy atom. The van der Waals surface area contributed by atoms with Crippen molar-refractivity contribution in [1.82, 2.24) is 9.84 Å². The van der Waals surface area contributed by atoms with Crippen molar-refractivity contribution in [2.24, 2.45) is 17.8 Å². The number of rotatable bonds is 14. The Morgan fingerprint density at radius 1 is 1.21 bits per heavy atom. The minimum atomic E-state index is -4.36. The number of nitro groups is 1. The van der Waals surface area contributed by atoms with Crippen LogP contribution in [0.3, 0.4) is 0 Å². The highest BCUT2D eigenvalue weighted by atomic mass is 32.2. The van der Waals surface area contributed by atoms with Crippen molar-refractivity contribution >= 4 is 21.7 Å². The average molecular weight is 608 g/mol. The van der Waals surface area contributed by atoms with Gasteiger partial charge >= 0.3 is 11.7 Å². The van der Waals surface area contributed by atoms with E-state index in [0.29, 0.717) is 24.8 Å². The van der Waals surface area contributed by atoms with E-state index in [2.05, 4.69) is 4.83 Å². The summed E-state index contributed by atoms with van der Waals surface area (Å²) in [6.45, 7) is 4.46. The second kappa shape index (κ2) is 14.0. The molecule has 1 saturated heterocycles. The van der Waals surface area contributed by atoms with E-state index in [4.69, 9.17) is 9.47 Å². The van der Waals surface area contributed by atoms with E-state index in [1.807, 2.05) is 44.2 Å². The van der Waals surface area contributed by atoms with Crippen LogP contribution in [0.15, 0.2) is 53.4 Å². The molecule has 1 heterocycles. The number of aliphatic hydroxyl groups excluding tert-OH is 1. The third-order valence-corrected chi connectivity index (χ3v) is 9.06. The Bertz CT molecular complexity index is 1330. The predicted molar refractivity (Wildman–Crippen MR) is 151 cm³/mol. The lowest BCUT2D eigenvalue weighted by molar-refractivity contribution is -0.387. The summed E-state index contributed by atoms with van der Waals surface area (Å²) in [5.41, 5.74) is -0.0695. The first kappa shape index (κ1) is 32.0. The summed E-state index contributed by atoms with van der Waals surface area (Å²) in [4.78, 5) is 25.1. The molecule has 42 heavy (non-hydrogen) atoms. The van der Waals surface area contributed by atoms with E-state index in [1.165, 1.54) is 5.01 Å². The van der Waals surface area contributed by atoms with Crippen LogP contribution in [0, 0.1) is 33.7 Å². The lowest BCUT2D eigenvalue weighted by atomic mass is 9.90. The number of sulfonamides is 1. The summed E-state index contributed by atoms with van der Waals surface area (Å²) in [6.07, 6.45) is 1.40. The van der Waals surface area contributed by atoms with Crippen LogP contribution < -0.4 is 4.83 Å². The zero-order valence-electron chi connectivity index (χ0n) is 23.7. The number of ether oxygens (including phenoxy) is 2. The van der Waals surface area contributed by atoms with Gasteiger partial charge in [0.15, 0.2) is 0 Å². The van der Waals surface area contributed by atoms with Gasteiger partial charge in [-0.2, -0.15) is 4.39 Å². The molecule has 1 aliphatic carbocycles. The molecule has 230 valence electrons. The summed E-state index contributed by atoms with van der Waals surface area (Å²) < 4.78 is 51.6. The van der Waals surface area contributed by atoms with Crippen LogP contribution in [0.4, 0.5) is 10.1 Å². The standard InChI is InChI=1S/C29H38FN3O8S/c1-19(2)17-32(31-42(38,39)24-8-9-25(30)26(16-24)33(36)37)18-27(34)22(12-20-6-4-3-5-7-20)14-29(35)41-23-13-21-10-11-40-28(21)15-23/h3-9,16,19,21-23,27-28,31,34H,10-15,17-18H2,1-2H3/t21?,22-,23?,27-,28-/m1/s1. The maximum Gasteiger partial charge on any atom is 0.306 e. The number of carbonyl (C=O) groups is 1. The van der Waals surface area contributed by atoms with E-state index in [1.54, 1.807) is 0 Å². The molecule has 2 aromatic carbocycles. The van der Waals surface area contributed by atoms with Crippen molar-refractivity contribution in [3.05, 3.63) is 70.0 Å². The van der Waals surface area contributed by atoms with Crippen molar-refractivity contribution in [2.75, 3.05) is 19.7 Å². The lowest BCUT2D eigenvalue weighted by Crippen LogP contribution is -2.49. The van der Waals surface area contributed by atoms with Crippen LogP contribution in [-0.2, 0) is 30.7 Å². The fourth-order valence-electron chi connectivity index (χ4n) is 5.71. The number of carbonyl (C=O) groups excluding carboxylic acids is 1. The summed E-state index contributed by atoms with van der Waals surface area (Å²) in [5, 5.41) is 23.8. The van der Waals surface area contributed by atoms with Gasteiger partial charge in [0.25, 0.3) is 10.0 Å². The molecular formula is C29H38FN3O8S. The largest absolute Gasteiger partial charge is 0.462 e. The molecule has 2 unspecified atom stereocenters. The molecule has 5 atom stereocenters. The smallest absolute Gasteiger partial charge is 0.306 e. The molecule has 0 bridgehead atoms. The quantitative estimate of drug-likeness (QED) is 0.187. The molecule has 13 heteroatoms. The van der Waals surface area contributed by atoms with Crippen molar-refractivity contribution in [3.8, 4) is 0 Å². The third kappa shape index (κ3) is 8.54. The monoisotopic (exact) mass is 607 g/mol. The number of hydrazine groups is 1. The molecule has 2 aromatic rings. The molecular weight excluding hydrogens is 569 g/mol. The van der Waals surface area contributed by atoms with Crippen LogP contribution in [0.5, 0.6) is 0 Å². The predicted octanol–water partition coefficient (Wildman–Crippen LogP) is 3.61. The second-order valence-corrected chi connectivity index (χ2v) is 13.2. The number of nitrogens with one attached hydrogen (secondary N) is 1. The van der Waals surface area contributed by atoms with Crippen LogP contribution in [0.1, 0.15) is 45.1 Å². The maximum absolute atomic E-state index is 13.8. The van der Waals surface area contributed by atoms with Crippen molar-refractivity contribution in [1.29, 1.82) is 0 Å². The fourth-order valence-corrected chi connectivity index (χ4v) is 6.82. The number of halogens is 1. The van der Waals surface area contributed by atoms with Gasteiger partial charge in [-0.1, -0.05) is 44.2 Å². The van der Waals surface area contributed by atoms with Crippen LogP contribution in [-0.4, -0.2) is 67.4 Å². The number of nitrogens with zero attached hydrogens (tertiary/aromatic N) is 2. The zero-order chi connectivity index (χ0) is 30.4. The van der Waals surface area contributed by atoms with Crippen LogP contribution in [0.25, 0.3) is 0 Å². The van der Waals surface area contributed by atoms with E-state index in [9.17, 15) is 32.8 Å². The molecule has 2 fully saturated rings. The highest BCUT2D eigenvalue weighted by Gasteiger charge is 2.40. The van der Waals surface area contributed by atoms with Gasteiger partial charge in [-0.05, 0) is 48.8 Å². The molecule has 0 spiro atoms. The van der Waals surface area contributed by atoms with Gasteiger partial charge in [0.2, 0.25) is 5.82 Å². The maximum atomic E-state index is 13.8. The summed E-state index contributed by atoms with van der Waals surface area (Å²) in [6, 6.07) is 11.7. The molecule has 0 aromatic heterocycles. The normalized spacial score (nSPS) is 21.8. The Balaban J connectivity index is 1.48. The average Bonchev–Trinajstić information content (AvgIpc) is 3.50. The van der Waals surface area contributed by atoms with Crippen LogP contribution in [0.2, 0.25) is 0 Å². The number of hydrogen-bond acceptors (Lipinski definition) is 9. The number of nitro benzene ring substituents is 1. The summed E-state index contributed by atoms with van der Waals surface area (Å²) in [5.74, 6) is -1.83. The highest BCUT2D eigenvalue weighted by molar-refractivity contribution is 7.89. The van der Waals surface area contributed by atoms with E-state index in [-0.39, 0.29) is 37.6 Å². The van der Waals surface area contributed by atoms with Gasteiger partial charge in [-0.25, -0.2) is 13.4 Å². The molecule has 2 aliphatic rings. The van der Waals surface area contributed by atoms with Gasteiger partial charge in [0, 0.05) is 38.1 Å². The lowest BCUT2D eigenvalue weighted by Gasteiger charge is -2.30. The molecule has 1 aliphatic heterocycles. The summed E-state index contributed by atoms with van der Waals surface area (Å²) in [7, 11) is -4.36. The van der Waals surface area contributed by atoms with Crippen molar-refractivity contribution in [2.45, 2.75) is 69.2 Å². The number of esters is 1. The van der Waals surface area contributed by atoms with Crippen molar-refractivity contribution < 1.29 is 37.1 Å². The zero-order valence-corrected chi connectivity index (χ0v) is 24.5. The van der Waals surface area contributed by atoms with Gasteiger partial charge in [0.1, 0.15) is 6.10 Å². The SMILES string of the molecule is CC(C)CN(C[C@@H](O)[C@@H](CC(=O)OC1CC2CCO[C@@H]2C1)Cc1ccccc1)NS(=O)(=O)c1ccc(F)c([N+](=O)[O-])c1. The Hall–Kier alpha value is -2.97. The topological polar surface area (TPSA) is 148 Å². The molecule has 0 radical (unpaired) electrons. The van der Waals surface area contributed by atoms with Gasteiger partial charge in [-0.15, -0.1) is 4.83 Å². The fraction of sp³-hybridized carbons (Fsp3) is 0.552.